The third-order valence-electron chi connectivity index (χ3n) is 5.45. The van der Waals surface area contributed by atoms with Crippen molar-refractivity contribution in [3.05, 3.63) is 82.4 Å². The average Bonchev–Trinajstić information content (AvgIpc) is 2.87. The Bertz CT molecular complexity index is 1140. The molecule has 0 saturated carbocycles. The summed E-state index contributed by atoms with van der Waals surface area (Å²) in [6.45, 7) is 11.4. The zero-order valence-corrected chi connectivity index (χ0v) is 18.9. The highest BCUT2D eigenvalue weighted by molar-refractivity contribution is 6.83. The molecule has 4 rings (SSSR count). The molecule has 0 amide bonds. The van der Waals surface area contributed by atoms with E-state index >= 15 is 0 Å². The number of hydrogen-bond donors (Lipinski definition) is 0. The van der Waals surface area contributed by atoms with E-state index in [0.717, 1.165) is 16.1 Å². The second kappa shape index (κ2) is 6.66. The summed E-state index contributed by atoms with van der Waals surface area (Å²) in [6.07, 6.45) is 0. The van der Waals surface area contributed by atoms with E-state index in [2.05, 4.69) is 93.5 Å². The van der Waals surface area contributed by atoms with Crippen molar-refractivity contribution in [3.63, 3.8) is 0 Å². The summed E-state index contributed by atoms with van der Waals surface area (Å²) in [7, 11) is -1.45. The lowest BCUT2D eigenvalue weighted by atomic mass is 9.82. The minimum absolute atomic E-state index is 0.0270. The van der Waals surface area contributed by atoms with E-state index in [4.69, 9.17) is 11.6 Å². The molecule has 0 saturated heterocycles. The van der Waals surface area contributed by atoms with Crippen LogP contribution in [0.1, 0.15) is 30.5 Å². The van der Waals surface area contributed by atoms with Crippen molar-refractivity contribution in [2.75, 3.05) is 0 Å². The predicted molar refractivity (Wildman–Crippen MR) is 125 cm³/mol. The van der Waals surface area contributed by atoms with Gasteiger partial charge in [-0.25, -0.2) is 0 Å². The monoisotopic (exact) mass is 400 g/mol. The molecule has 0 aliphatic heterocycles. The highest BCUT2D eigenvalue weighted by atomic mass is 35.5. The van der Waals surface area contributed by atoms with Crippen LogP contribution in [0, 0.1) is 11.5 Å². The molecule has 3 aromatic carbocycles. The summed E-state index contributed by atoms with van der Waals surface area (Å²) in [6, 6.07) is 21.6. The second-order valence-electron chi connectivity index (χ2n) is 9.12. The zero-order valence-electron chi connectivity index (χ0n) is 17.2. The molecule has 2 heteroatoms. The topological polar surface area (TPSA) is 0 Å². The van der Waals surface area contributed by atoms with Gasteiger partial charge in [0.1, 0.15) is 8.07 Å². The van der Waals surface area contributed by atoms with Crippen molar-refractivity contribution >= 4 is 19.7 Å². The van der Waals surface area contributed by atoms with E-state index in [1.54, 1.807) is 0 Å². The lowest BCUT2D eigenvalue weighted by molar-refractivity contribution is 0.660. The van der Waals surface area contributed by atoms with Gasteiger partial charge in [-0.3, -0.25) is 0 Å². The number of hydrogen-bond acceptors (Lipinski definition) is 0. The SMILES string of the molecule is CC1(C)c2ccccc2-c2cc(-c3cc(Cl)ccc3C#C[Si](C)(C)C)ccc21. The maximum atomic E-state index is 6.36. The summed E-state index contributed by atoms with van der Waals surface area (Å²) >= 11 is 6.36. The molecule has 0 nitrogen and oxygen atoms in total. The molecule has 28 heavy (non-hydrogen) atoms. The van der Waals surface area contributed by atoms with E-state index in [1.807, 2.05) is 12.1 Å². The quantitative estimate of drug-likeness (QED) is 0.292. The molecule has 140 valence electrons. The van der Waals surface area contributed by atoms with Crippen molar-refractivity contribution < 1.29 is 0 Å². The molecule has 0 atom stereocenters. The molecule has 0 N–H and O–H groups in total. The Labute approximate surface area is 174 Å². The summed E-state index contributed by atoms with van der Waals surface area (Å²) in [4.78, 5) is 0. The van der Waals surface area contributed by atoms with Gasteiger partial charge in [0.25, 0.3) is 0 Å². The van der Waals surface area contributed by atoms with E-state index < -0.39 is 8.07 Å². The van der Waals surface area contributed by atoms with Gasteiger partial charge in [0.2, 0.25) is 0 Å². The van der Waals surface area contributed by atoms with Crippen LogP contribution in [-0.2, 0) is 5.41 Å². The van der Waals surface area contributed by atoms with E-state index in [1.165, 1.54) is 27.8 Å². The summed E-state index contributed by atoms with van der Waals surface area (Å²) < 4.78 is 0. The van der Waals surface area contributed by atoms with Crippen molar-refractivity contribution in [1.29, 1.82) is 0 Å². The van der Waals surface area contributed by atoms with Crippen LogP contribution in [-0.4, -0.2) is 8.07 Å². The molecule has 0 heterocycles. The van der Waals surface area contributed by atoms with Gasteiger partial charge in [-0.05, 0) is 57.6 Å². The molecule has 3 aromatic rings. The molecule has 1 aliphatic rings. The van der Waals surface area contributed by atoms with Gasteiger partial charge in [-0.1, -0.05) is 87.4 Å². The van der Waals surface area contributed by atoms with Gasteiger partial charge in [-0.15, -0.1) is 5.54 Å². The first-order chi connectivity index (χ1) is 13.2. The van der Waals surface area contributed by atoms with E-state index in [-0.39, 0.29) is 5.41 Å². The fraction of sp³-hybridized carbons (Fsp3) is 0.231. The van der Waals surface area contributed by atoms with Crippen LogP contribution in [0.2, 0.25) is 24.7 Å². The molecule has 0 radical (unpaired) electrons. The smallest absolute Gasteiger partial charge is 0.127 e. The van der Waals surface area contributed by atoms with Crippen LogP contribution in [0.3, 0.4) is 0 Å². The third-order valence-corrected chi connectivity index (χ3v) is 6.56. The van der Waals surface area contributed by atoms with Crippen LogP contribution in [0.15, 0.2) is 60.7 Å². The molecule has 0 spiro atoms. The Kier molecular flexibility index (Phi) is 4.53. The molecule has 0 unspecified atom stereocenters. The van der Waals surface area contributed by atoms with Crippen molar-refractivity contribution in [3.8, 4) is 33.7 Å². The van der Waals surface area contributed by atoms with Crippen LogP contribution >= 0.6 is 11.6 Å². The minimum atomic E-state index is -1.45. The summed E-state index contributed by atoms with van der Waals surface area (Å²) in [5.74, 6) is 3.44. The Hall–Kier alpha value is -2.27. The maximum Gasteiger partial charge on any atom is 0.129 e. The molecular formula is C26H25ClSi. The Balaban J connectivity index is 1.90. The van der Waals surface area contributed by atoms with Gasteiger partial charge >= 0.3 is 0 Å². The third kappa shape index (κ3) is 3.32. The van der Waals surface area contributed by atoms with Crippen LogP contribution in [0.25, 0.3) is 22.3 Å². The van der Waals surface area contributed by atoms with Crippen molar-refractivity contribution in [2.45, 2.75) is 38.9 Å². The standard InChI is InChI=1S/C26H25ClSi/c1-26(2)24-9-7-6-8-21(24)23-16-19(11-13-25(23)26)22-17-20(27)12-10-18(22)14-15-28(3,4)5/h6-13,16-17H,1-5H3. The largest absolute Gasteiger partial charge is 0.129 e. The first-order valence-corrected chi connectivity index (χ1v) is 13.6. The van der Waals surface area contributed by atoms with E-state index in [9.17, 15) is 0 Å². The number of rotatable bonds is 1. The molecule has 0 fully saturated rings. The normalized spacial score (nSPS) is 14.1. The van der Waals surface area contributed by atoms with Gasteiger partial charge in [-0.2, -0.15) is 0 Å². The highest BCUT2D eigenvalue weighted by Crippen LogP contribution is 2.49. The number of fused-ring (bicyclic) bond motifs is 3. The Morgan fingerprint density at radius 2 is 1.50 bits per heavy atom. The van der Waals surface area contributed by atoms with Gasteiger partial charge in [0, 0.05) is 16.0 Å². The number of halogens is 1. The van der Waals surface area contributed by atoms with Crippen molar-refractivity contribution in [1.82, 2.24) is 0 Å². The first kappa shape index (κ1) is 19.1. The van der Waals surface area contributed by atoms with Crippen molar-refractivity contribution in [2.24, 2.45) is 0 Å². The first-order valence-electron chi connectivity index (χ1n) is 9.74. The van der Waals surface area contributed by atoms with Gasteiger partial charge in [0.05, 0.1) is 0 Å². The zero-order chi connectivity index (χ0) is 20.1. The van der Waals surface area contributed by atoms with Gasteiger partial charge in [0.15, 0.2) is 0 Å². The summed E-state index contributed by atoms with van der Waals surface area (Å²) in [5, 5.41) is 0.745. The summed E-state index contributed by atoms with van der Waals surface area (Å²) in [5.41, 5.74) is 12.3. The fourth-order valence-corrected chi connectivity index (χ4v) is 4.69. The fourth-order valence-electron chi connectivity index (χ4n) is 4.01. The van der Waals surface area contributed by atoms with E-state index in [0.29, 0.717) is 0 Å². The van der Waals surface area contributed by atoms with Crippen LogP contribution in [0.5, 0.6) is 0 Å². The Morgan fingerprint density at radius 3 is 2.25 bits per heavy atom. The lowest BCUT2D eigenvalue weighted by Gasteiger charge is -2.21. The Morgan fingerprint density at radius 1 is 0.786 bits per heavy atom. The highest BCUT2D eigenvalue weighted by Gasteiger charge is 2.35. The lowest BCUT2D eigenvalue weighted by Crippen LogP contribution is -2.16. The molecule has 1 aliphatic carbocycles. The van der Waals surface area contributed by atoms with Gasteiger partial charge < -0.3 is 0 Å². The maximum absolute atomic E-state index is 6.36. The minimum Gasteiger partial charge on any atom is -0.127 e. The van der Waals surface area contributed by atoms with Crippen LogP contribution in [0.4, 0.5) is 0 Å². The number of benzene rings is 3. The average molecular weight is 401 g/mol. The predicted octanol–water partition coefficient (Wildman–Crippen LogP) is 7.54. The van der Waals surface area contributed by atoms with Crippen LogP contribution < -0.4 is 0 Å². The molecule has 0 bridgehead atoms. The molecule has 0 aromatic heterocycles. The molecular weight excluding hydrogens is 376 g/mol. The second-order valence-corrected chi connectivity index (χ2v) is 14.3.